The van der Waals surface area contributed by atoms with E-state index in [1.54, 1.807) is 22.3 Å². The summed E-state index contributed by atoms with van der Waals surface area (Å²) in [5.74, 6) is 0. The fraction of sp³-hybridized carbons (Fsp3) is 0.694. The van der Waals surface area contributed by atoms with Gasteiger partial charge >= 0.3 is 0 Å². The molecule has 0 aliphatic heterocycles. The number of hydrogen-bond donors (Lipinski definition) is 0. The molecule has 4 rings (SSSR count). The predicted octanol–water partition coefficient (Wildman–Crippen LogP) is 13.4. The number of rotatable bonds is 19. The molecule has 0 heterocycles. The summed E-state index contributed by atoms with van der Waals surface area (Å²) < 4.78 is 0. The van der Waals surface area contributed by atoms with Crippen molar-refractivity contribution < 1.29 is 0 Å². The minimum atomic E-state index is -3.76. The molecule has 0 radical (unpaired) electrons. The van der Waals surface area contributed by atoms with Crippen LogP contribution in [0.4, 0.5) is 0 Å². The molecule has 0 saturated heterocycles. The third-order valence-electron chi connectivity index (χ3n) is 20.0. The number of hydrogen-bond acceptors (Lipinski definition) is 0. The van der Waals surface area contributed by atoms with Crippen molar-refractivity contribution in [2.45, 2.75) is 328 Å². The summed E-state index contributed by atoms with van der Waals surface area (Å²) in [4.78, 5) is 0. The molecule has 0 aromatic heterocycles. The molecule has 0 saturated carbocycles. The quantitative estimate of drug-likeness (QED) is 0.0829. The van der Waals surface area contributed by atoms with Gasteiger partial charge in [-0.3, -0.25) is 0 Å². The van der Waals surface area contributed by atoms with E-state index in [9.17, 15) is 0 Å². The van der Waals surface area contributed by atoms with Crippen molar-refractivity contribution >= 4 is 223 Å². The van der Waals surface area contributed by atoms with Gasteiger partial charge in [-0.15, -0.1) is 0 Å². The van der Waals surface area contributed by atoms with Crippen molar-refractivity contribution in [3.63, 3.8) is 0 Å². The maximum absolute atomic E-state index is 3.76. The first-order valence-corrected chi connectivity index (χ1v) is 89.7. The Bertz CT molecular complexity index is 2800. The van der Waals surface area contributed by atoms with Crippen molar-refractivity contribution in [1.29, 1.82) is 0 Å². The van der Waals surface area contributed by atoms with Crippen LogP contribution in [0.5, 0.6) is 0 Å². The average molecular weight is 1460 g/mol. The van der Waals surface area contributed by atoms with Gasteiger partial charge in [-0.1, -0.05) is 399 Å². The first-order chi connectivity index (χ1) is 38.0. The van der Waals surface area contributed by atoms with Gasteiger partial charge in [0.2, 0.25) is 0 Å². The molecule has 0 N–H and O–H groups in total. The molecule has 3 aromatic rings. The normalized spacial score (nSPS) is 16.3. The Balaban J connectivity index is 3.62. The monoisotopic (exact) mass is 1460 g/mol. The van der Waals surface area contributed by atoms with Gasteiger partial charge in [0, 0.05) is 5.54 Å². The smallest absolute Gasteiger partial charge is 0.0656 e. The van der Waals surface area contributed by atoms with Crippen LogP contribution in [-0.4, -0.2) is 129 Å². The molecule has 88 heavy (non-hydrogen) atoms. The Morgan fingerprint density at radius 1 is 0.136 bits per heavy atom. The average Bonchev–Trinajstić information content (AvgIpc) is 0.861. The highest BCUT2D eigenvalue weighted by Gasteiger charge is 2.64. The van der Waals surface area contributed by atoms with Gasteiger partial charge in [0.1, 0.15) is 0 Å². The third-order valence-corrected chi connectivity index (χ3v) is 60.1. The van der Waals surface area contributed by atoms with Crippen molar-refractivity contribution in [3.05, 3.63) is 22.3 Å². The standard InChI is InChI=1S/C72H148Si16/c1-50-51(2)53(4)54(52(50)3)88(70-64(82(32,33)34)58(76(14,15)16)55(73(5,6)7)59(77(17,18)19)65(70)83(35,36)37,71-66(84(38,39)40)60(78(20,21)22)56(74(8,9)10)61(79(23,24)25)67(71)85(41,42)43)72-68(86(44,45)46)62(80(26,27)28)57(75(11,12)13)63(81(29,30)31)69(72)87(47,48)49/h54H,1-49H3. The lowest BCUT2D eigenvalue weighted by Crippen LogP contribution is -2.98. The van der Waals surface area contributed by atoms with Gasteiger partial charge in [-0.05, 0) is 38.8 Å². The molecule has 16 heteroatoms. The summed E-state index contributed by atoms with van der Waals surface area (Å²) in [6.07, 6.45) is 0. The fourth-order valence-electron chi connectivity index (χ4n) is 17.5. The molecule has 0 spiro atoms. The minimum Gasteiger partial charge on any atom is -0.0656 e. The second-order valence-corrected chi connectivity index (χ2v) is 123. The Morgan fingerprint density at radius 2 is 0.216 bits per heavy atom. The summed E-state index contributed by atoms with van der Waals surface area (Å²) in [6, 6.07) is 0. The van der Waals surface area contributed by atoms with Gasteiger partial charge in [0.25, 0.3) is 0 Å². The lowest BCUT2D eigenvalue weighted by molar-refractivity contribution is 1.09. The molecule has 0 fully saturated rings. The van der Waals surface area contributed by atoms with Crippen LogP contribution in [0.15, 0.2) is 22.3 Å². The van der Waals surface area contributed by atoms with Gasteiger partial charge in [0.05, 0.1) is 121 Å². The van der Waals surface area contributed by atoms with E-state index in [2.05, 4.69) is 338 Å². The van der Waals surface area contributed by atoms with Gasteiger partial charge in [-0.2, -0.15) is 0 Å². The molecule has 0 atom stereocenters. The summed E-state index contributed by atoms with van der Waals surface area (Å²) in [5.41, 5.74) is 7.11. The molecular weight excluding hydrogens is 1310 g/mol. The van der Waals surface area contributed by atoms with Gasteiger partial charge in [-0.25, -0.2) is 0 Å². The van der Waals surface area contributed by atoms with E-state index in [4.69, 9.17) is 0 Å². The zero-order chi connectivity index (χ0) is 70.3. The van der Waals surface area contributed by atoms with Gasteiger partial charge < -0.3 is 0 Å². The Hall–Kier alpha value is 0.610. The fourth-order valence-corrected chi connectivity index (χ4v) is 89.8. The van der Waals surface area contributed by atoms with Crippen LogP contribution in [0.1, 0.15) is 27.7 Å². The van der Waals surface area contributed by atoms with Crippen LogP contribution in [0.2, 0.25) is 300 Å². The highest BCUT2D eigenvalue weighted by Crippen LogP contribution is 2.47. The van der Waals surface area contributed by atoms with Crippen LogP contribution in [0.3, 0.4) is 0 Å². The van der Waals surface area contributed by atoms with E-state index in [-0.39, 0.29) is 0 Å². The molecule has 0 amide bonds. The van der Waals surface area contributed by atoms with Crippen LogP contribution in [0.25, 0.3) is 0 Å². The third kappa shape index (κ3) is 14.9. The molecule has 1 aliphatic carbocycles. The summed E-state index contributed by atoms with van der Waals surface area (Å²) in [7, 11) is -37.5. The molecule has 500 valence electrons. The minimum absolute atomic E-state index is 0.304. The van der Waals surface area contributed by atoms with Gasteiger partial charge in [0.15, 0.2) is 8.07 Å². The SMILES string of the molecule is CC1=C(C)C([Si](c2c([Si](C)(C)C)c([Si](C)(C)C)c([Si](C)(C)C)c([Si](C)(C)C)c2[Si](C)(C)C)(c2c([Si](C)(C)C)c([Si](C)(C)C)c([Si](C)(C)C)c([Si](C)(C)C)c2[Si](C)(C)C)c2c([Si](C)(C)C)c([Si](C)(C)C)c([Si](C)(C)C)c([Si](C)(C)C)c2[Si](C)(C)C)C(C)=C1C. The first kappa shape index (κ1) is 81.0. The maximum Gasteiger partial charge on any atom is 0.158 e. The Morgan fingerprint density at radius 3 is 0.295 bits per heavy atom. The van der Waals surface area contributed by atoms with Crippen molar-refractivity contribution in [3.8, 4) is 0 Å². The molecular formula is C72H148Si16. The van der Waals surface area contributed by atoms with Crippen molar-refractivity contribution in [1.82, 2.24) is 0 Å². The molecule has 0 unspecified atom stereocenters. The summed E-state index contributed by atoms with van der Waals surface area (Å²) in [5, 5.41) is 36.6. The molecule has 3 aromatic carbocycles. The highest BCUT2D eigenvalue weighted by atomic mass is 28.4. The molecule has 1 aliphatic rings. The zero-order valence-electron chi connectivity index (χ0n) is 68.6. The van der Waals surface area contributed by atoms with E-state index in [0.29, 0.717) is 5.54 Å². The van der Waals surface area contributed by atoms with Crippen LogP contribution in [0, 0.1) is 0 Å². The summed E-state index contributed by atoms with van der Waals surface area (Å²) >= 11 is 0. The maximum atomic E-state index is 2.93. The largest absolute Gasteiger partial charge is 0.158 e. The molecule has 0 nitrogen and oxygen atoms in total. The number of benzene rings is 3. The second kappa shape index (κ2) is 24.0. The second-order valence-electron chi connectivity index (χ2n) is 44.4. The van der Waals surface area contributed by atoms with E-state index in [1.165, 1.54) is 0 Å². The lowest BCUT2D eigenvalue weighted by atomic mass is 10.1. The van der Waals surface area contributed by atoms with Crippen molar-refractivity contribution in [2.24, 2.45) is 0 Å². The van der Waals surface area contributed by atoms with Crippen LogP contribution >= 0.6 is 0 Å². The van der Waals surface area contributed by atoms with Crippen LogP contribution in [-0.2, 0) is 0 Å². The van der Waals surface area contributed by atoms with Crippen LogP contribution < -0.4 is 93.4 Å². The lowest BCUT2D eigenvalue weighted by Gasteiger charge is -2.57. The topological polar surface area (TPSA) is 0 Å². The van der Waals surface area contributed by atoms with E-state index < -0.39 is 129 Å². The Kier molecular flexibility index (Phi) is 22.1. The first-order valence-electron chi connectivity index (χ1n) is 35.1. The van der Waals surface area contributed by atoms with E-state index in [1.807, 2.05) is 77.8 Å². The molecule has 0 bridgehead atoms. The summed E-state index contributed by atoms with van der Waals surface area (Å²) in [6.45, 7) is 141. The van der Waals surface area contributed by atoms with E-state index >= 15 is 0 Å². The van der Waals surface area contributed by atoms with Crippen molar-refractivity contribution in [2.75, 3.05) is 0 Å². The Labute approximate surface area is 567 Å². The predicted molar refractivity (Wildman–Crippen MR) is 469 cm³/mol. The zero-order valence-corrected chi connectivity index (χ0v) is 84.6. The number of allylic oxidation sites excluding steroid dienone is 4. The van der Waals surface area contributed by atoms with E-state index in [0.717, 1.165) is 0 Å². The highest BCUT2D eigenvalue weighted by molar-refractivity contribution is 7.30.